The van der Waals surface area contributed by atoms with E-state index < -0.39 is 12.0 Å². The lowest BCUT2D eigenvalue weighted by atomic mass is 10.1. The van der Waals surface area contributed by atoms with Gasteiger partial charge in [-0.25, -0.2) is 9.59 Å². The number of hydrogen-bond donors (Lipinski definition) is 1. The van der Waals surface area contributed by atoms with Crippen LogP contribution in [0.15, 0.2) is 0 Å². The first-order chi connectivity index (χ1) is 8.54. The van der Waals surface area contributed by atoms with Crippen LogP contribution < -0.4 is 0 Å². The molecule has 102 valence electrons. The van der Waals surface area contributed by atoms with Crippen LogP contribution in [0.4, 0.5) is 4.79 Å². The maximum Gasteiger partial charge on any atom is 0.327 e. The van der Waals surface area contributed by atoms with Crippen LogP contribution in [0.1, 0.15) is 26.7 Å². The Hall–Kier alpha value is -0.910. The maximum atomic E-state index is 12.4. The fraction of sp³-hybridized carbons (Fsp3) is 0.833. The summed E-state index contributed by atoms with van der Waals surface area (Å²) in [7, 11) is 0. The van der Waals surface area contributed by atoms with E-state index in [1.807, 2.05) is 11.8 Å². The number of carbonyl (C=O) groups excluding carboxylic acids is 1. The number of carboxylic acids is 1. The molecular weight excluding hydrogens is 252 g/mol. The highest BCUT2D eigenvalue weighted by molar-refractivity contribution is 8.00. The van der Waals surface area contributed by atoms with Crippen LogP contribution in [0.2, 0.25) is 0 Å². The Morgan fingerprint density at radius 3 is 2.72 bits per heavy atom. The predicted octanol–water partition coefficient (Wildman–Crippen LogP) is 1.69. The normalized spacial score (nSPS) is 32.0. The van der Waals surface area contributed by atoms with Gasteiger partial charge in [0.2, 0.25) is 0 Å². The average Bonchev–Trinajstić information content (AvgIpc) is 2.94. The Labute approximate surface area is 112 Å². The van der Waals surface area contributed by atoms with Gasteiger partial charge >= 0.3 is 12.0 Å². The van der Waals surface area contributed by atoms with Gasteiger partial charge in [0.25, 0.3) is 0 Å². The molecule has 0 aromatic heterocycles. The molecule has 0 aromatic rings. The van der Waals surface area contributed by atoms with Gasteiger partial charge in [-0.05, 0) is 19.3 Å². The lowest BCUT2D eigenvalue weighted by Crippen LogP contribution is -2.50. The van der Waals surface area contributed by atoms with Crippen molar-refractivity contribution in [2.24, 2.45) is 5.92 Å². The van der Waals surface area contributed by atoms with E-state index in [4.69, 9.17) is 5.11 Å². The van der Waals surface area contributed by atoms with E-state index >= 15 is 0 Å². The van der Waals surface area contributed by atoms with E-state index in [0.717, 1.165) is 25.9 Å². The second-order valence-corrected chi connectivity index (χ2v) is 6.33. The number of thioether (sulfide) groups is 1. The molecule has 2 aliphatic heterocycles. The summed E-state index contributed by atoms with van der Waals surface area (Å²) >= 11 is 1.53. The van der Waals surface area contributed by atoms with E-state index in [9.17, 15) is 9.59 Å². The molecule has 0 aromatic carbocycles. The Morgan fingerprint density at radius 2 is 2.17 bits per heavy atom. The number of likely N-dealkylation sites (tertiary alicyclic amines) is 1. The van der Waals surface area contributed by atoms with Crippen LogP contribution in [-0.4, -0.2) is 57.2 Å². The smallest absolute Gasteiger partial charge is 0.327 e. The third-order valence-corrected chi connectivity index (χ3v) is 5.08. The SMILES string of the molecule is CCC1CCN(C(=O)N2C(C)SCC2C(=O)O)C1. The Kier molecular flexibility index (Phi) is 4.04. The largest absolute Gasteiger partial charge is 0.480 e. The minimum absolute atomic E-state index is 0.0423. The molecular formula is C12H20N2O3S. The molecule has 3 atom stereocenters. The molecule has 1 N–H and O–H groups in total. The van der Waals surface area contributed by atoms with Gasteiger partial charge in [0.1, 0.15) is 6.04 Å². The first-order valence-electron chi connectivity index (χ1n) is 6.46. The second kappa shape index (κ2) is 5.38. The van der Waals surface area contributed by atoms with Gasteiger partial charge in [0.05, 0.1) is 5.37 Å². The van der Waals surface area contributed by atoms with Gasteiger partial charge in [-0.1, -0.05) is 13.3 Å². The van der Waals surface area contributed by atoms with Crippen molar-refractivity contribution < 1.29 is 14.7 Å². The van der Waals surface area contributed by atoms with E-state index in [-0.39, 0.29) is 11.4 Å². The van der Waals surface area contributed by atoms with Crippen LogP contribution >= 0.6 is 11.8 Å². The monoisotopic (exact) mass is 272 g/mol. The van der Waals surface area contributed by atoms with Gasteiger partial charge in [-0.2, -0.15) is 0 Å². The molecule has 0 radical (unpaired) electrons. The number of nitrogens with zero attached hydrogens (tertiary/aromatic N) is 2. The van der Waals surface area contributed by atoms with Crippen molar-refractivity contribution >= 4 is 23.8 Å². The van der Waals surface area contributed by atoms with Gasteiger partial charge in [0.15, 0.2) is 0 Å². The van der Waals surface area contributed by atoms with Crippen molar-refractivity contribution in [2.45, 2.75) is 38.1 Å². The molecule has 5 nitrogen and oxygen atoms in total. The Balaban J connectivity index is 2.05. The second-order valence-electron chi connectivity index (χ2n) is 4.99. The van der Waals surface area contributed by atoms with Crippen molar-refractivity contribution in [3.05, 3.63) is 0 Å². The molecule has 6 heteroatoms. The molecule has 0 aliphatic carbocycles. The molecule has 3 unspecified atom stereocenters. The number of carboxylic acid groups (broad SMARTS) is 1. The minimum atomic E-state index is -0.897. The van der Waals surface area contributed by atoms with E-state index in [2.05, 4.69) is 6.92 Å². The molecule has 0 saturated carbocycles. The number of rotatable bonds is 2. The molecule has 18 heavy (non-hydrogen) atoms. The highest BCUT2D eigenvalue weighted by atomic mass is 32.2. The molecule has 2 aliphatic rings. The van der Waals surface area contributed by atoms with Crippen molar-refractivity contribution in [1.29, 1.82) is 0 Å². The summed E-state index contributed by atoms with van der Waals surface area (Å²) in [4.78, 5) is 26.9. The third-order valence-electron chi connectivity index (χ3n) is 3.86. The van der Waals surface area contributed by atoms with Crippen molar-refractivity contribution in [1.82, 2.24) is 9.80 Å². The quantitative estimate of drug-likeness (QED) is 0.831. The van der Waals surface area contributed by atoms with Crippen LogP contribution in [0.5, 0.6) is 0 Å². The zero-order valence-corrected chi connectivity index (χ0v) is 11.7. The van der Waals surface area contributed by atoms with Gasteiger partial charge in [-0.15, -0.1) is 11.8 Å². The molecule has 2 rings (SSSR count). The fourth-order valence-corrected chi connectivity index (χ4v) is 3.79. The van der Waals surface area contributed by atoms with E-state index in [1.165, 1.54) is 16.7 Å². The number of carbonyl (C=O) groups is 2. The number of hydrogen-bond acceptors (Lipinski definition) is 3. The standard InChI is InChI=1S/C12H20N2O3S/c1-3-9-4-5-13(6-9)12(17)14-8(2)18-7-10(14)11(15)16/h8-10H,3-7H2,1-2H3,(H,15,16). The molecule has 2 saturated heterocycles. The van der Waals surface area contributed by atoms with E-state index in [1.54, 1.807) is 0 Å². The Morgan fingerprint density at radius 1 is 1.44 bits per heavy atom. The van der Waals surface area contributed by atoms with Crippen LogP contribution in [-0.2, 0) is 4.79 Å². The summed E-state index contributed by atoms with van der Waals surface area (Å²) in [5, 5.41) is 9.12. The summed E-state index contributed by atoms with van der Waals surface area (Å²) < 4.78 is 0. The summed E-state index contributed by atoms with van der Waals surface area (Å²) in [6.45, 7) is 5.57. The van der Waals surface area contributed by atoms with Gasteiger partial charge in [0, 0.05) is 18.8 Å². The highest BCUT2D eigenvalue weighted by Crippen LogP contribution is 2.31. The molecule has 2 heterocycles. The highest BCUT2D eigenvalue weighted by Gasteiger charge is 2.42. The van der Waals surface area contributed by atoms with E-state index in [0.29, 0.717) is 11.7 Å². The molecule has 0 bridgehead atoms. The number of amides is 2. The van der Waals surface area contributed by atoms with Crippen LogP contribution in [0.3, 0.4) is 0 Å². The minimum Gasteiger partial charge on any atom is -0.480 e. The Bertz CT molecular complexity index is 350. The zero-order chi connectivity index (χ0) is 13.3. The first-order valence-corrected chi connectivity index (χ1v) is 7.51. The van der Waals surface area contributed by atoms with Crippen LogP contribution in [0.25, 0.3) is 0 Å². The number of urea groups is 1. The molecule has 0 spiro atoms. The average molecular weight is 272 g/mol. The molecule has 2 fully saturated rings. The lowest BCUT2D eigenvalue weighted by molar-refractivity contribution is -0.141. The van der Waals surface area contributed by atoms with Crippen molar-refractivity contribution in [2.75, 3.05) is 18.8 Å². The predicted molar refractivity (Wildman–Crippen MR) is 70.5 cm³/mol. The first kappa shape index (κ1) is 13.5. The summed E-state index contributed by atoms with van der Waals surface area (Å²) in [5.74, 6) is 0.169. The molecule has 2 amide bonds. The zero-order valence-electron chi connectivity index (χ0n) is 10.8. The topological polar surface area (TPSA) is 60.9 Å². The fourth-order valence-electron chi connectivity index (χ4n) is 2.63. The van der Waals surface area contributed by atoms with Crippen molar-refractivity contribution in [3.8, 4) is 0 Å². The van der Waals surface area contributed by atoms with Gasteiger partial charge < -0.3 is 10.0 Å². The summed E-state index contributed by atoms with van der Waals surface area (Å²) in [6, 6.07) is -0.769. The number of aliphatic carboxylic acids is 1. The summed E-state index contributed by atoms with van der Waals surface area (Å²) in [6.07, 6.45) is 2.12. The lowest BCUT2D eigenvalue weighted by Gasteiger charge is -2.30. The van der Waals surface area contributed by atoms with Gasteiger partial charge in [-0.3, -0.25) is 4.90 Å². The summed E-state index contributed by atoms with van der Waals surface area (Å²) in [5.41, 5.74) is 0. The van der Waals surface area contributed by atoms with Crippen LogP contribution in [0, 0.1) is 5.92 Å². The van der Waals surface area contributed by atoms with Crippen molar-refractivity contribution in [3.63, 3.8) is 0 Å². The maximum absolute atomic E-state index is 12.4. The third kappa shape index (κ3) is 2.43.